The van der Waals surface area contributed by atoms with E-state index in [0.717, 1.165) is 12.1 Å². The number of hydrogen-bond acceptors (Lipinski definition) is 4. The third-order valence-electron chi connectivity index (χ3n) is 5.71. The zero-order chi connectivity index (χ0) is 26.8. The molecular weight excluding hydrogens is 492 g/mol. The first-order valence-electron chi connectivity index (χ1n) is 11.6. The second-order valence-corrected chi connectivity index (χ2v) is 10.4. The van der Waals surface area contributed by atoms with Crippen LogP contribution in [0.5, 0.6) is 0 Å². The Hall–Kier alpha value is -3.20. The first kappa shape index (κ1) is 27.4. The van der Waals surface area contributed by atoms with Gasteiger partial charge >= 0.3 is 6.09 Å². The molecule has 7 nitrogen and oxygen atoms in total. The van der Waals surface area contributed by atoms with Crippen molar-refractivity contribution >= 4 is 35.2 Å². The third-order valence-corrected chi connectivity index (χ3v) is 5.95. The molecule has 0 aliphatic carbocycles. The van der Waals surface area contributed by atoms with E-state index in [1.807, 2.05) is 0 Å². The summed E-state index contributed by atoms with van der Waals surface area (Å²) in [6.45, 7) is 8.60. The summed E-state index contributed by atoms with van der Waals surface area (Å²) >= 11 is 6.12. The maximum atomic E-state index is 15.3. The highest BCUT2D eigenvalue weighted by atomic mass is 35.5. The van der Waals surface area contributed by atoms with Crippen molar-refractivity contribution in [3.63, 3.8) is 0 Å². The smallest absolute Gasteiger partial charge is 0.408 e. The Balaban J connectivity index is 2.00. The van der Waals surface area contributed by atoms with E-state index in [4.69, 9.17) is 16.3 Å². The van der Waals surface area contributed by atoms with E-state index < -0.39 is 47.1 Å². The molecule has 0 radical (unpaired) electrons. The highest BCUT2D eigenvalue weighted by Crippen LogP contribution is 2.35. The van der Waals surface area contributed by atoms with Gasteiger partial charge in [0, 0.05) is 11.6 Å². The van der Waals surface area contributed by atoms with Crippen molar-refractivity contribution in [3.8, 4) is 0 Å². The summed E-state index contributed by atoms with van der Waals surface area (Å²) in [5.41, 5.74) is -0.301. The predicted octanol–water partition coefficient (Wildman–Crippen LogP) is 5.37. The van der Waals surface area contributed by atoms with Gasteiger partial charge in [-0.15, -0.1) is 5.12 Å². The summed E-state index contributed by atoms with van der Waals surface area (Å²) in [4.78, 5) is 40.8. The topological polar surface area (TPSA) is 79.0 Å². The van der Waals surface area contributed by atoms with Crippen LogP contribution >= 0.6 is 11.6 Å². The van der Waals surface area contributed by atoms with Crippen LogP contribution in [0, 0.1) is 11.7 Å². The number of hydrogen-bond donors (Lipinski definition) is 1. The minimum absolute atomic E-state index is 0.0624. The highest BCUT2D eigenvalue weighted by Gasteiger charge is 2.42. The van der Waals surface area contributed by atoms with Crippen LogP contribution in [-0.2, 0) is 20.7 Å². The lowest BCUT2D eigenvalue weighted by molar-refractivity contribution is -0.143. The molecule has 3 amide bonds. The van der Waals surface area contributed by atoms with Crippen molar-refractivity contribution in [2.24, 2.45) is 5.92 Å². The van der Waals surface area contributed by atoms with Gasteiger partial charge in [0.1, 0.15) is 29.2 Å². The Morgan fingerprint density at radius 2 is 1.83 bits per heavy atom. The van der Waals surface area contributed by atoms with E-state index in [9.17, 15) is 18.8 Å². The molecule has 1 unspecified atom stereocenters. The van der Waals surface area contributed by atoms with Crippen molar-refractivity contribution in [3.05, 3.63) is 64.4 Å². The number of benzene rings is 2. The van der Waals surface area contributed by atoms with Gasteiger partial charge in [0.25, 0.3) is 5.91 Å². The Bertz CT molecular complexity index is 1150. The zero-order valence-electron chi connectivity index (χ0n) is 20.8. The molecule has 0 saturated heterocycles. The minimum Gasteiger partial charge on any atom is -0.444 e. The molecule has 0 bridgehead atoms. The van der Waals surface area contributed by atoms with Crippen LogP contribution in [0.25, 0.3) is 0 Å². The van der Waals surface area contributed by atoms with Crippen LogP contribution in [0.2, 0.25) is 5.02 Å². The predicted molar refractivity (Wildman–Crippen MR) is 133 cm³/mol. The molecule has 10 heteroatoms. The number of nitrogens with one attached hydrogen (secondary N) is 1. The quantitative estimate of drug-likeness (QED) is 0.536. The summed E-state index contributed by atoms with van der Waals surface area (Å²) in [5.74, 6) is -3.03. The first-order chi connectivity index (χ1) is 16.8. The van der Waals surface area contributed by atoms with Gasteiger partial charge in [-0.1, -0.05) is 48.1 Å². The summed E-state index contributed by atoms with van der Waals surface area (Å²) < 4.78 is 34.9. The minimum atomic E-state index is -1.40. The number of anilines is 1. The molecule has 2 aromatic rings. The normalized spacial score (nSPS) is 16.2. The van der Waals surface area contributed by atoms with E-state index in [1.54, 1.807) is 52.8 Å². The Labute approximate surface area is 214 Å². The van der Waals surface area contributed by atoms with Gasteiger partial charge in [-0.3, -0.25) is 9.59 Å². The van der Waals surface area contributed by atoms with Crippen LogP contribution in [0.1, 0.15) is 51.8 Å². The average molecular weight is 522 g/mol. The second-order valence-electron chi connectivity index (χ2n) is 9.97. The van der Waals surface area contributed by atoms with Gasteiger partial charge in [0.15, 0.2) is 0 Å². The van der Waals surface area contributed by atoms with Crippen LogP contribution < -0.4 is 10.4 Å². The zero-order valence-corrected chi connectivity index (χ0v) is 21.6. The second kappa shape index (κ2) is 10.8. The first-order valence-corrected chi connectivity index (χ1v) is 12.0. The fourth-order valence-electron chi connectivity index (χ4n) is 4.06. The number of carbonyl (C=O) groups is 3. The summed E-state index contributed by atoms with van der Waals surface area (Å²) in [5, 5.41) is 2.73. The third kappa shape index (κ3) is 6.13. The lowest BCUT2D eigenvalue weighted by Crippen LogP contribution is -2.56. The highest BCUT2D eigenvalue weighted by molar-refractivity contribution is 6.30. The number of nitrogens with zero attached hydrogens (tertiary/aromatic N) is 2. The van der Waals surface area contributed by atoms with Crippen molar-refractivity contribution in [1.82, 2.24) is 10.2 Å². The monoisotopic (exact) mass is 521 g/mol. The number of rotatable bonds is 5. The van der Waals surface area contributed by atoms with Gasteiger partial charge in [-0.05, 0) is 68.5 Å². The Kier molecular flexibility index (Phi) is 8.23. The standard InChI is InChI=1S/C26H30ClF2N3O4/c1-15(2)21(30-25(35)36-26(3,4)5)23(33)31-13-12-16-14-17(27)10-11-18(16)22(31)24(34)32(29)20-9-7-6-8-19(20)28/h6-11,14-15,21-22H,12-13H2,1-5H3,(H,30,35)/t21-,22?/m0/s1. The molecule has 2 aromatic carbocycles. The molecule has 0 fully saturated rings. The summed E-state index contributed by atoms with van der Waals surface area (Å²) in [6.07, 6.45) is -0.436. The van der Waals surface area contributed by atoms with Crippen LogP contribution in [0.3, 0.4) is 0 Å². The largest absolute Gasteiger partial charge is 0.444 e. The van der Waals surface area contributed by atoms with E-state index in [1.165, 1.54) is 17.0 Å². The maximum absolute atomic E-state index is 15.3. The van der Waals surface area contributed by atoms with Crippen LogP contribution in [0.4, 0.5) is 19.4 Å². The number of carbonyl (C=O) groups excluding carboxylic acids is 3. The van der Waals surface area contributed by atoms with Gasteiger partial charge in [-0.2, -0.15) is 0 Å². The average Bonchev–Trinajstić information content (AvgIpc) is 2.79. The Morgan fingerprint density at radius 3 is 2.44 bits per heavy atom. The van der Waals surface area contributed by atoms with E-state index in [-0.39, 0.29) is 17.6 Å². The van der Waals surface area contributed by atoms with Gasteiger partial charge < -0.3 is 15.0 Å². The van der Waals surface area contributed by atoms with Crippen molar-refractivity contribution in [2.75, 3.05) is 11.7 Å². The van der Waals surface area contributed by atoms with E-state index >= 15 is 4.48 Å². The fraction of sp³-hybridized carbons (Fsp3) is 0.423. The fourth-order valence-corrected chi connectivity index (χ4v) is 4.26. The molecule has 1 heterocycles. The summed E-state index contributed by atoms with van der Waals surface area (Å²) in [7, 11) is 0. The molecule has 1 aliphatic heterocycles. The van der Waals surface area contributed by atoms with Gasteiger partial charge in [-0.25, -0.2) is 9.18 Å². The van der Waals surface area contributed by atoms with Crippen molar-refractivity contribution in [2.45, 2.75) is 58.7 Å². The molecule has 1 aliphatic rings. The number of amides is 3. The molecule has 0 saturated carbocycles. The lowest BCUT2D eigenvalue weighted by atomic mass is 9.90. The lowest BCUT2D eigenvalue weighted by Gasteiger charge is -2.39. The molecule has 2 atom stereocenters. The van der Waals surface area contributed by atoms with E-state index in [2.05, 4.69) is 5.32 Å². The number of alkyl carbamates (subject to hydrolysis) is 1. The molecule has 0 spiro atoms. The summed E-state index contributed by atoms with van der Waals surface area (Å²) in [6, 6.07) is 7.24. The number of fused-ring (bicyclic) bond motifs is 1. The molecule has 36 heavy (non-hydrogen) atoms. The molecule has 3 rings (SSSR count). The number of halogens is 3. The SMILES string of the molecule is CC(C)[C@H](NC(=O)OC(C)(C)C)C(=O)N1CCc2cc(Cl)ccc2C1C(=O)N(F)c1ccccc1F. The number of para-hydroxylation sites is 1. The van der Waals surface area contributed by atoms with Crippen LogP contribution in [-0.4, -0.2) is 41.0 Å². The van der Waals surface area contributed by atoms with Crippen LogP contribution in [0.15, 0.2) is 42.5 Å². The van der Waals surface area contributed by atoms with Crippen molar-refractivity contribution in [1.29, 1.82) is 0 Å². The Morgan fingerprint density at radius 1 is 1.17 bits per heavy atom. The van der Waals surface area contributed by atoms with E-state index in [0.29, 0.717) is 22.6 Å². The molecule has 0 aromatic heterocycles. The number of ether oxygens (including phenoxy) is 1. The molecule has 194 valence electrons. The molecular formula is C26H30ClF2N3O4. The molecule has 1 N–H and O–H groups in total. The van der Waals surface area contributed by atoms with Gasteiger partial charge in [0.05, 0.1) is 0 Å². The van der Waals surface area contributed by atoms with Crippen molar-refractivity contribution < 1.29 is 28.0 Å². The van der Waals surface area contributed by atoms with Gasteiger partial charge in [0.2, 0.25) is 5.91 Å². The maximum Gasteiger partial charge on any atom is 0.408 e.